The first kappa shape index (κ1) is 14.2. The zero-order valence-corrected chi connectivity index (χ0v) is 13.4. The highest BCUT2D eigenvalue weighted by molar-refractivity contribution is 5.76. The fraction of sp³-hybridized carbons (Fsp3) is 0.647. The van der Waals surface area contributed by atoms with Crippen LogP contribution in [0.15, 0.2) is 12.1 Å². The van der Waals surface area contributed by atoms with E-state index in [1.54, 1.807) is 0 Å². The Morgan fingerprint density at radius 1 is 1.14 bits per heavy atom. The summed E-state index contributed by atoms with van der Waals surface area (Å²) in [7, 11) is 0. The van der Waals surface area contributed by atoms with Gasteiger partial charge in [0.05, 0.1) is 24.1 Å². The van der Waals surface area contributed by atoms with E-state index >= 15 is 0 Å². The molecule has 0 radical (unpaired) electrons. The molecule has 2 unspecified atom stereocenters. The van der Waals surface area contributed by atoms with Crippen LogP contribution < -0.4 is 15.4 Å². The number of nitrogens with zero attached hydrogens (tertiary/aromatic N) is 1. The SMILES string of the molecule is CC1(C)Oc2cc3c(cc2C(N2CCCCC2)C1O)NCN3. The number of likely N-dealkylation sites (tertiary alicyclic amines) is 1. The van der Waals surface area contributed by atoms with Crippen molar-refractivity contribution < 1.29 is 9.84 Å². The van der Waals surface area contributed by atoms with Crippen molar-refractivity contribution in [3.05, 3.63) is 17.7 Å². The minimum atomic E-state index is -0.574. The molecule has 22 heavy (non-hydrogen) atoms. The van der Waals surface area contributed by atoms with Crippen LogP contribution >= 0.6 is 0 Å². The average molecular weight is 303 g/mol. The average Bonchev–Trinajstić information content (AvgIpc) is 2.94. The van der Waals surface area contributed by atoms with Gasteiger partial charge in [0.15, 0.2) is 0 Å². The maximum absolute atomic E-state index is 10.9. The molecule has 1 aromatic rings. The number of ether oxygens (including phenoxy) is 1. The predicted octanol–water partition coefficient (Wildman–Crippen LogP) is 2.54. The van der Waals surface area contributed by atoms with Crippen molar-refractivity contribution in [3.8, 4) is 5.75 Å². The summed E-state index contributed by atoms with van der Waals surface area (Å²) in [6, 6.07) is 4.25. The van der Waals surface area contributed by atoms with Crippen LogP contribution in [-0.2, 0) is 0 Å². The molecule has 0 aromatic heterocycles. The summed E-state index contributed by atoms with van der Waals surface area (Å²) in [5.74, 6) is 0.904. The van der Waals surface area contributed by atoms with Crippen LogP contribution in [-0.4, -0.2) is 41.5 Å². The van der Waals surface area contributed by atoms with E-state index in [0.717, 1.165) is 42.4 Å². The molecule has 0 bridgehead atoms. The van der Waals surface area contributed by atoms with Crippen LogP contribution in [0.3, 0.4) is 0 Å². The first-order chi connectivity index (χ1) is 10.6. The summed E-state index contributed by atoms with van der Waals surface area (Å²) < 4.78 is 6.13. The Labute approximate surface area is 131 Å². The molecular formula is C17H25N3O2. The Hall–Kier alpha value is -1.46. The third-order valence-corrected chi connectivity index (χ3v) is 5.19. The lowest BCUT2D eigenvalue weighted by Crippen LogP contribution is -2.54. The number of nitrogens with one attached hydrogen (secondary N) is 2. The smallest absolute Gasteiger partial charge is 0.131 e. The molecular weight excluding hydrogens is 278 g/mol. The summed E-state index contributed by atoms with van der Waals surface area (Å²) in [6.07, 6.45) is 3.20. The predicted molar refractivity (Wildman–Crippen MR) is 87.4 cm³/mol. The fourth-order valence-corrected chi connectivity index (χ4v) is 3.93. The van der Waals surface area contributed by atoms with Crippen LogP contribution in [0, 0.1) is 0 Å². The monoisotopic (exact) mass is 303 g/mol. The largest absolute Gasteiger partial charge is 0.485 e. The topological polar surface area (TPSA) is 56.8 Å². The van der Waals surface area contributed by atoms with E-state index in [1.807, 2.05) is 13.8 Å². The zero-order valence-electron chi connectivity index (χ0n) is 13.4. The Morgan fingerprint density at radius 3 is 2.55 bits per heavy atom. The lowest BCUT2D eigenvalue weighted by molar-refractivity contribution is -0.0960. The molecule has 2 atom stereocenters. The molecule has 1 aromatic carbocycles. The van der Waals surface area contributed by atoms with Gasteiger partial charge in [0.25, 0.3) is 0 Å². The number of aliphatic hydroxyl groups excluding tert-OH is 1. The molecule has 5 nitrogen and oxygen atoms in total. The van der Waals surface area contributed by atoms with E-state index in [-0.39, 0.29) is 6.04 Å². The second kappa shape index (κ2) is 5.03. The van der Waals surface area contributed by atoms with E-state index in [9.17, 15) is 5.11 Å². The van der Waals surface area contributed by atoms with Gasteiger partial charge in [0.2, 0.25) is 0 Å². The van der Waals surface area contributed by atoms with Gasteiger partial charge in [0, 0.05) is 11.6 Å². The number of aliphatic hydroxyl groups is 1. The highest BCUT2D eigenvalue weighted by Gasteiger charge is 2.46. The van der Waals surface area contributed by atoms with Gasteiger partial charge >= 0.3 is 0 Å². The number of benzene rings is 1. The molecule has 3 heterocycles. The Morgan fingerprint density at radius 2 is 1.82 bits per heavy atom. The van der Waals surface area contributed by atoms with Gasteiger partial charge in [-0.2, -0.15) is 0 Å². The Kier molecular flexibility index (Phi) is 3.24. The van der Waals surface area contributed by atoms with Gasteiger partial charge < -0.3 is 20.5 Å². The summed E-state index contributed by atoms with van der Waals surface area (Å²) >= 11 is 0. The van der Waals surface area contributed by atoms with Crippen molar-refractivity contribution in [2.45, 2.75) is 50.9 Å². The molecule has 3 aliphatic heterocycles. The number of piperidine rings is 1. The van der Waals surface area contributed by atoms with Crippen molar-refractivity contribution in [3.63, 3.8) is 0 Å². The maximum Gasteiger partial charge on any atom is 0.131 e. The highest BCUT2D eigenvalue weighted by Crippen LogP contribution is 2.47. The molecule has 3 aliphatic rings. The second-order valence-electron chi connectivity index (χ2n) is 7.16. The van der Waals surface area contributed by atoms with E-state index < -0.39 is 11.7 Å². The van der Waals surface area contributed by atoms with Crippen LogP contribution in [0.25, 0.3) is 0 Å². The van der Waals surface area contributed by atoms with Crippen molar-refractivity contribution >= 4 is 11.4 Å². The Balaban J connectivity index is 1.79. The van der Waals surface area contributed by atoms with Crippen LogP contribution in [0.5, 0.6) is 5.75 Å². The van der Waals surface area contributed by atoms with Gasteiger partial charge in [-0.05, 0) is 45.8 Å². The van der Waals surface area contributed by atoms with Gasteiger partial charge in [-0.1, -0.05) is 6.42 Å². The fourth-order valence-electron chi connectivity index (χ4n) is 3.93. The molecule has 1 fully saturated rings. The minimum absolute atomic E-state index is 0.0201. The first-order valence-electron chi connectivity index (χ1n) is 8.33. The number of hydrogen-bond donors (Lipinski definition) is 3. The lowest BCUT2D eigenvalue weighted by Gasteiger charge is -2.47. The van der Waals surface area contributed by atoms with Gasteiger partial charge in [0.1, 0.15) is 17.5 Å². The van der Waals surface area contributed by atoms with Crippen molar-refractivity contribution in [1.29, 1.82) is 0 Å². The minimum Gasteiger partial charge on any atom is -0.485 e. The molecule has 1 saturated heterocycles. The number of anilines is 2. The van der Waals surface area contributed by atoms with Crippen molar-refractivity contribution in [1.82, 2.24) is 4.90 Å². The molecule has 5 heteroatoms. The number of rotatable bonds is 1. The van der Waals surface area contributed by atoms with E-state index in [1.165, 1.54) is 19.3 Å². The number of fused-ring (bicyclic) bond motifs is 2. The van der Waals surface area contributed by atoms with Crippen LogP contribution in [0.2, 0.25) is 0 Å². The third kappa shape index (κ3) is 2.15. The summed E-state index contributed by atoms with van der Waals surface area (Å²) in [5, 5.41) is 17.6. The summed E-state index contributed by atoms with van der Waals surface area (Å²) in [6.45, 7) is 6.82. The second-order valence-corrected chi connectivity index (χ2v) is 7.16. The molecule has 0 spiro atoms. The molecule has 0 amide bonds. The quantitative estimate of drug-likeness (QED) is 0.744. The van der Waals surface area contributed by atoms with Gasteiger partial charge in [-0.3, -0.25) is 4.90 Å². The van der Waals surface area contributed by atoms with Gasteiger partial charge in [-0.15, -0.1) is 0 Å². The molecule has 0 aliphatic carbocycles. The van der Waals surface area contributed by atoms with E-state index in [4.69, 9.17) is 4.74 Å². The lowest BCUT2D eigenvalue weighted by atomic mass is 9.84. The van der Waals surface area contributed by atoms with Crippen molar-refractivity contribution in [2.24, 2.45) is 0 Å². The number of hydrogen-bond acceptors (Lipinski definition) is 5. The van der Waals surface area contributed by atoms with Gasteiger partial charge in [-0.25, -0.2) is 0 Å². The van der Waals surface area contributed by atoms with E-state index in [2.05, 4.69) is 27.7 Å². The standard InChI is InChI=1S/C17H25N3O2/c1-17(2)16(21)15(20-6-4-3-5-7-20)11-8-12-13(19-10-18-12)9-14(11)22-17/h8-9,15-16,18-19,21H,3-7,10H2,1-2H3. The first-order valence-corrected chi connectivity index (χ1v) is 8.33. The molecule has 3 N–H and O–H groups in total. The highest BCUT2D eigenvalue weighted by atomic mass is 16.5. The zero-order chi connectivity index (χ0) is 15.3. The summed E-state index contributed by atoms with van der Waals surface area (Å²) in [4.78, 5) is 2.44. The third-order valence-electron chi connectivity index (χ3n) is 5.19. The normalized spacial score (nSPS) is 29.8. The van der Waals surface area contributed by atoms with E-state index in [0.29, 0.717) is 0 Å². The van der Waals surface area contributed by atoms with Crippen molar-refractivity contribution in [2.75, 3.05) is 30.4 Å². The molecule has 4 rings (SSSR count). The van der Waals surface area contributed by atoms with Crippen LogP contribution in [0.4, 0.5) is 11.4 Å². The summed E-state index contributed by atoms with van der Waals surface area (Å²) in [5.41, 5.74) is 2.73. The Bertz CT molecular complexity index is 582. The molecule has 120 valence electrons. The van der Waals surface area contributed by atoms with Crippen LogP contribution in [0.1, 0.15) is 44.7 Å². The maximum atomic E-state index is 10.9. The molecule has 0 saturated carbocycles.